The number of benzene rings is 3. The zero-order valence-electron chi connectivity index (χ0n) is 16.8. The largest absolute Gasteiger partial charge is 0.494 e. The second-order valence-corrected chi connectivity index (χ2v) is 8.83. The lowest BCUT2D eigenvalue weighted by Gasteiger charge is -2.11. The number of carbonyl (C=O) groups is 1. The Bertz CT molecular complexity index is 1120. The second kappa shape index (κ2) is 10.8. The summed E-state index contributed by atoms with van der Waals surface area (Å²) in [5, 5.41) is 3.09. The molecule has 0 aliphatic heterocycles. The lowest BCUT2D eigenvalue weighted by molar-refractivity contribution is 0.0952. The number of ether oxygens (including phenoxy) is 1. The average molecular weight is 459 g/mol. The van der Waals surface area contributed by atoms with Crippen molar-refractivity contribution in [3.05, 3.63) is 89.4 Å². The lowest BCUT2D eigenvalue weighted by Crippen LogP contribution is -2.25. The molecule has 3 rings (SSSR count). The van der Waals surface area contributed by atoms with Crippen molar-refractivity contribution >= 4 is 33.2 Å². The highest BCUT2D eigenvalue weighted by atomic mass is 35.5. The number of hydrogen-bond donors (Lipinski definition) is 2. The van der Waals surface area contributed by atoms with E-state index in [1.807, 2.05) is 30.3 Å². The summed E-state index contributed by atoms with van der Waals surface area (Å²) < 4.78 is 33.4. The Morgan fingerprint density at radius 1 is 0.903 bits per heavy atom. The van der Waals surface area contributed by atoms with Crippen LogP contribution in [-0.2, 0) is 10.0 Å². The molecule has 3 aromatic carbocycles. The van der Waals surface area contributed by atoms with Gasteiger partial charge in [0.25, 0.3) is 15.9 Å². The highest BCUT2D eigenvalue weighted by Gasteiger charge is 2.17. The van der Waals surface area contributed by atoms with E-state index in [-0.39, 0.29) is 27.1 Å². The number of para-hydroxylation sites is 2. The Hall–Kier alpha value is -3.03. The van der Waals surface area contributed by atoms with Gasteiger partial charge in [-0.05, 0) is 55.3 Å². The number of rotatable bonds is 10. The molecule has 0 saturated carbocycles. The quantitative estimate of drug-likeness (QED) is 0.430. The monoisotopic (exact) mass is 458 g/mol. The third kappa shape index (κ3) is 6.73. The van der Waals surface area contributed by atoms with Crippen LogP contribution in [0.4, 0.5) is 5.69 Å². The maximum absolute atomic E-state index is 12.7. The van der Waals surface area contributed by atoms with Crippen molar-refractivity contribution in [1.29, 1.82) is 0 Å². The van der Waals surface area contributed by atoms with E-state index >= 15 is 0 Å². The van der Waals surface area contributed by atoms with Crippen LogP contribution >= 0.6 is 11.6 Å². The van der Waals surface area contributed by atoms with Gasteiger partial charge in [0.2, 0.25) is 0 Å². The lowest BCUT2D eigenvalue weighted by atomic mass is 10.2. The molecule has 6 nitrogen and oxygen atoms in total. The predicted molar refractivity (Wildman–Crippen MR) is 122 cm³/mol. The van der Waals surface area contributed by atoms with Crippen molar-refractivity contribution in [1.82, 2.24) is 5.32 Å². The van der Waals surface area contributed by atoms with Crippen LogP contribution in [0.15, 0.2) is 83.8 Å². The van der Waals surface area contributed by atoms with Crippen molar-refractivity contribution < 1.29 is 17.9 Å². The van der Waals surface area contributed by atoms with Crippen molar-refractivity contribution in [2.45, 2.75) is 17.7 Å². The van der Waals surface area contributed by atoms with Gasteiger partial charge in [0, 0.05) is 12.1 Å². The Labute approximate surface area is 187 Å². The van der Waals surface area contributed by atoms with Gasteiger partial charge in [-0.15, -0.1) is 0 Å². The first kappa shape index (κ1) is 22.7. The SMILES string of the molecule is O=C(NCCCCOc1ccccc1)c1cccc(S(=O)(=O)Nc2ccccc2Cl)c1. The first-order chi connectivity index (χ1) is 15.0. The van der Waals surface area contributed by atoms with Gasteiger partial charge in [-0.3, -0.25) is 9.52 Å². The van der Waals surface area contributed by atoms with Crippen LogP contribution in [0.5, 0.6) is 5.75 Å². The van der Waals surface area contributed by atoms with Crippen molar-refractivity contribution in [3.8, 4) is 5.75 Å². The molecule has 0 aromatic heterocycles. The predicted octanol–water partition coefficient (Wildman–Crippen LogP) is 4.73. The molecule has 0 aliphatic carbocycles. The zero-order valence-corrected chi connectivity index (χ0v) is 18.3. The summed E-state index contributed by atoms with van der Waals surface area (Å²) in [4.78, 5) is 12.4. The highest BCUT2D eigenvalue weighted by Crippen LogP contribution is 2.24. The third-order valence-electron chi connectivity index (χ3n) is 4.39. The van der Waals surface area contributed by atoms with Crippen LogP contribution in [0.25, 0.3) is 0 Å². The van der Waals surface area contributed by atoms with E-state index in [9.17, 15) is 13.2 Å². The Morgan fingerprint density at radius 2 is 1.65 bits per heavy atom. The number of anilines is 1. The number of carbonyl (C=O) groups excluding carboxylic acids is 1. The van der Waals surface area contributed by atoms with Crippen LogP contribution in [0.1, 0.15) is 23.2 Å². The van der Waals surface area contributed by atoms with Gasteiger partial charge in [0.15, 0.2) is 0 Å². The minimum absolute atomic E-state index is 0.0173. The number of halogens is 1. The summed E-state index contributed by atoms with van der Waals surface area (Å²) in [6, 6.07) is 21.9. The highest BCUT2D eigenvalue weighted by molar-refractivity contribution is 7.92. The summed E-state index contributed by atoms with van der Waals surface area (Å²) in [6.07, 6.45) is 1.52. The summed E-state index contributed by atoms with van der Waals surface area (Å²) in [5.74, 6) is 0.480. The molecule has 0 aliphatic rings. The van der Waals surface area contributed by atoms with Crippen molar-refractivity contribution in [2.75, 3.05) is 17.9 Å². The van der Waals surface area contributed by atoms with Gasteiger partial charge in [0.05, 0.1) is 22.2 Å². The van der Waals surface area contributed by atoms with Crippen LogP contribution < -0.4 is 14.8 Å². The molecule has 8 heteroatoms. The summed E-state index contributed by atoms with van der Waals surface area (Å²) in [7, 11) is -3.88. The molecular formula is C23H23ClN2O4S. The van der Waals surface area contributed by atoms with E-state index in [0.717, 1.165) is 18.6 Å². The van der Waals surface area contributed by atoms with E-state index in [1.165, 1.54) is 18.2 Å². The van der Waals surface area contributed by atoms with Gasteiger partial charge < -0.3 is 10.1 Å². The van der Waals surface area contributed by atoms with E-state index in [4.69, 9.17) is 16.3 Å². The summed E-state index contributed by atoms with van der Waals surface area (Å²) >= 11 is 6.03. The molecule has 0 saturated heterocycles. The molecule has 0 heterocycles. The van der Waals surface area contributed by atoms with E-state index in [0.29, 0.717) is 13.2 Å². The molecule has 3 aromatic rings. The molecule has 1 amide bonds. The maximum Gasteiger partial charge on any atom is 0.261 e. The molecule has 0 atom stereocenters. The van der Waals surface area contributed by atoms with Crippen molar-refractivity contribution in [2.24, 2.45) is 0 Å². The van der Waals surface area contributed by atoms with Crippen LogP contribution in [-0.4, -0.2) is 27.5 Å². The Morgan fingerprint density at radius 3 is 2.42 bits per heavy atom. The molecule has 31 heavy (non-hydrogen) atoms. The minimum atomic E-state index is -3.88. The molecule has 0 bridgehead atoms. The minimum Gasteiger partial charge on any atom is -0.494 e. The van der Waals surface area contributed by atoms with Gasteiger partial charge in [-0.1, -0.05) is 48.0 Å². The normalized spacial score (nSPS) is 11.0. The molecule has 2 N–H and O–H groups in total. The zero-order chi connectivity index (χ0) is 22.1. The Kier molecular flexibility index (Phi) is 7.92. The Balaban J connectivity index is 1.51. The van der Waals surface area contributed by atoms with Crippen LogP contribution in [0, 0.1) is 0 Å². The fourth-order valence-electron chi connectivity index (χ4n) is 2.79. The number of amides is 1. The van der Waals surface area contributed by atoms with Gasteiger partial charge in [-0.2, -0.15) is 0 Å². The first-order valence-corrected chi connectivity index (χ1v) is 11.7. The molecular weight excluding hydrogens is 436 g/mol. The number of unbranched alkanes of at least 4 members (excludes halogenated alkanes) is 1. The number of hydrogen-bond acceptors (Lipinski definition) is 4. The smallest absolute Gasteiger partial charge is 0.261 e. The first-order valence-electron chi connectivity index (χ1n) is 9.79. The third-order valence-corrected chi connectivity index (χ3v) is 6.09. The molecule has 0 spiro atoms. The van der Waals surface area contributed by atoms with E-state index in [1.54, 1.807) is 30.3 Å². The van der Waals surface area contributed by atoms with E-state index in [2.05, 4.69) is 10.0 Å². The van der Waals surface area contributed by atoms with Crippen LogP contribution in [0.3, 0.4) is 0 Å². The fraction of sp³-hybridized carbons (Fsp3) is 0.174. The molecule has 0 unspecified atom stereocenters. The van der Waals surface area contributed by atoms with Gasteiger partial charge in [-0.25, -0.2) is 8.42 Å². The molecule has 0 radical (unpaired) electrons. The maximum atomic E-state index is 12.7. The summed E-state index contributed by atoms with van der Waals surface area (Å²) in [6.45, 7) is 1.02. The number of sulfonamides is 1. The molecule has 0 fully saturated rings. The average Bonchev–Trinajstić information content (AvgIpc) is 2.78. The topological polar surface area (TPSA) is 84.5 Å². The summed E-state index contributed by atoms with van der Waals surface area (Å²) in [5.41, 5.74) is 0.541. The second-order valence-electron chi connectivity index (χ2n) is 6.74. The standard InChI is InChI=1S/C23H23ClN2O4S/c24-21-13-4-5-14-22(21)26-31(28,29)20-12-8-9-18(17-20)23(27)25-15-6-7-16-30-19-10-2-1-3-11-19/h1-5,8-14,17,26H,6-7,15-16H2,(H,25,27). The van der Waals surface area contributed by atoms with Crippen LogP contribution in [0.2, 0.25) is 5.02 Å². The molecule has 162 valence electrons. The number of nitrogens with one attached hydrogen (secondary N) is 2. The fourth-order valence-corrected chi connectivity index (χ4v) is 4.15. The van der Waals surface area contributed by atoms with Gasteiger partial charge >= 0.3 is 0 Å². The van der Waals surface area contributed by atoms with Gasteiger partial charge in [0.1, 0.15) is 5.75 Å². The van der Waals surface area contributed by atoms with E-state index < -0.39 is 10.0 Å². The van der Waals surface area contributed by atoms with Crippen molar-refractivity contribution in [3.63, 3.8) is 0 Å².